The van der Waals surface area contributed by atoms with Crippen LogP contribution in [-0.2, 0) is 9.59 Å². The molecule has 174 valence electrons. The standard InChI is InChI=1S/C25H18Cl2FNO5/c1-33-16-8-9-18(26)17(12-16)23(30)21-22(13-3-5-14(28)6-4-13)29(25(32)24(21)31)15-7-10-20(34-2)19(27)11-15/h3-12,22,30H,1-2H3/b23-21+. The number of ether oxygens (including phenoxy) is 2. The van der Waals surface area contributed by atoms with E-state index < -0.39 is 29.3 Å². The van der Waals surface area contributed by atoms with Gasteiger partial charge in [-0.25, -0.2) is 4.39 Å². The highest BCUT2D eigenvalue weighted by atomic mass is 35.5. The normalized spacial score (nSPS) is 17.2. The molecule has 1 aliphatic heterocycles. The molecular formula is C25H18Cl2FNO5. The summed E-state index contributed by atoms with van der Waals surface area (Å²) in [6.07, 6.45) is 0. The molecule has 1 amide bonds. The van der Waals surface area contributed by atoms with Gasteiger partial charge in [0.1, 0.15) is 23.1 Å². The first-order chi connectivity index (χ1) is 16.3. The summed E-state index contributed by atoms with van der Waals surface area (Å²) < 4.78 is 24.0. The Hall–Kier alpha value is -3.55. The van der Waals surface area contributed by atoms with Crippen molar-refractivity contribution in [2.75, 3.05) is 19.1 Å². The molecule has 1 unspecified atom stereocenters. The second-order valence-electron chi connectivity index (χ2n) is 7.39. The number of anilines is 1. The minimum Gasteiger partial charge on any atom is -0.507 e. The molecular weight excluding hydrogens is 484 g/mol. The number of aliphatic hydroxyl groups is 1. The Morgan fingerprint density at radius 3 is 2.26 bits per heavy atom. The first kappa shape index (κ1) is 23.6. The highest BCUT2D eigenvalue weighted by molar-refractivity contribution is 6.52. The van der Waals surface area contributed by atoms with Crippen molar-refractivity contribution < 1.29 is 28.6 Å². The van der Waals surface area contributed by atoms with Crippen molar-refractivity contribution in [3.05, 3.63) is 93.2 Å². The summed E-state index contributed by atoms with van der Waals surface area (Å²) in [5, 5.41) is 11.6. The predicted octanol–water partition coefficient (Wildman–Crippen LogP) is 5.78. The van der Waals surface area contributed by atoms with Crippen LogP contribution in [0, 0.1) is 5.82 Å². The van der Waals surface area contributed by atoms with Crippen LogP contribution in [0.2, 0.25) is 10.0 Å². The van der Waals surface area contributed by atoms with Crippen LogP contribution in [0.1, 0.15) is 17.2 Å². The van der Waals surface area contributed by atoms with Gasteiger partial charge in [0.25, 0.3) is 11.7 Å². The summed E-state index contributed by atoms with van der Waals surface area (Å²) in [5.74, 6) is -2.04. The average Bonchev–Trinajstić information content (AvgIpc) is 3.09. The number of Topliss-reactive ketones (excluding diaryl/α,β-unsaturated/α-hetero) is 1. The van der Waals surface area contributed by atoms with Gasteiger partial charge >= 0.3 is 0 Å². The lowest BCUT2D eigenvalue weighted by molar-refractivity contribution is -0.132. The Kier molecular flexibility index (Phi) is 6.50. The Balaban J connectivity index is 1.97. The monoisotopic (exact) mass is 501 g/mol. The van der Waals surface area contributed by atoms with Crippen LogP contribution in [0.5, 0.6) is 11.5 Å². The molecule has 3 aromatic rings. The van der Waals surface area contributed by atoms with E-state index in [1.807, 2.05) is 0 Å². The number of halogens is 3. The predicted molar refractivity (Wildman–Crippen MR) is 127 cm³/mol. The molecule has 3 aromatic carbocycles. The third-order valence-electron chi connectivity index (χ3n) is 5.47. The van der Waals surface area contributed by atoms with E-state index in [1.165, 1.54) is 61.6 Å². The maximum atomic E-state index is 13.7. The number of hydrogen-bond acceptors (Lipinski definition) is 5. The number of rotatable bonds is 5. The van der Waals surface area contributed by atoms with Crippen LogP contribution in [0.3, 0.4) is 0 Å². The molecule has 6 nitrogen and oxygen atoms in total. The van der Waals surface area contributed by atoms with Gasteiger partial charge in [-0.05, 0) is 54.1 Å². The van der Waals surface area contributed by atoms with Gasteiger partial charge in [0.05, 0.1) is 35.9 Å². The van der Waals surface area contributed by atoms with Gasteiger partial charge in [0.15, 0.2) is 0 Å². The smallest absolute Gasteiger partial charge is 0.300 e. The van der Waals surface area contributed by atoms with Crippen LogP contribution >= 0.6 is 23.2 Å². The first-order valence-corrected chi connectivity index (χ1v) is 10.8. The van der Waals surface area contributed by atoms with E-state index >= 15 is 0 Å². The van der Waals surface area contributed by atoms with E-state index in [4.69, 9.17) is 32.7 Å². The zero-order valence-electron chi connectivity index (χ0n) is 18.0. The molecule has 1 N–H and O–H groups in total. The van der Waals surface area contributed by atoms with Crippen molar-refractivity contribution in [2.24, 2.45) is 0 Å². The third-order valence-corrected chi connectivity index (χ3v) is 6.10. The minimum absolute atomic E-state index is 0.110. The summed E-state index contributed by atoms with van der Waals surface area (Å²) in [6, 6.07) is 13.3. The van der Waals surface area contributed by atoms with Gasteiger partial charge in [-0.15, -0.1) is 0 Å². The summed E-state index contributed by atoms with van der Waals surface area (Å²) in [7, 11) is 2.89. The number of carbonyl (C=O) groups excluding carboxylic acids is 2. The van der Waals surface area contributed by atoms with Crippen LogP contribution in [0.15, 0.2) is 66.2 Å². The van der Waals surface area contributed by atoms with Crippen LogP contribution in [0.25, 0.3) is 5.76 Å². The summed E-state index contributed by atoms with van der Waals surface area (Å²) in [5.41, 5.74) is 0.587. The average molecular weight is 502 g/mol. The Labute approximate surface area is 204 Å². The van der Waals surface area contributed by atoms with E-state index in [1.54, 1.807) is 18.2 Å². The molecule has 4 rings (SSSR count). The van der Waals surface area contributed by atoms with E-state index in [9.17, 15) is 19.1 Å². The second-order valence-corrected chi connectivity index (χ2v) is 8.20. The fourth-order valence-electron chi connectivity index (χ4n) is 3.82. The Bertz CT molecular complexity index is 1320. The topological polar surface area (TPSA) is 76.1 Å². The van der Waals surface area contributed by atoms with Gasteiger partial charge < -0.3 is 14.6 Å². The second kappa shape index (κ2) is 9.37. The lowest BCUT2D eigenvalue weighted by atomic mass is 9.95. The maximum absolute atomic E-state index is 13.7. The van der Waals surface area contributed by atoms with Gasteiger partial charge in [0.2, 0.25) is 0 Å². The molecule has 0 saturated carbocycles. The molecule has 1 atom stereocenters. The van der Waals surface area contributed by atoms with Crippen molar-refractivity contribution in [3.63, 3.8) is 0 Å². The van der Waals surface area contributed by atoms with Crippen molar-refractivity contribution in [3.8, 4) is 11.5 Å². The lowest BCUT2D eigenvalue weighted by Gasteiger charge is -2.26. The highest BCUT2D eigenvalue weighted by Crippen LogP contribution is 2.44. The summed E-state index contributed by atoms with van der Waals surface area (Å²) in [4.78, 5) is 27.6. The number of benzene rings is 3. The van der Waals surface area contributed by atoms with Crippen LogP contribution < -0.4 is 14.4 Å². The van der Waals surface area contributed by atoms with Gasteiger partial charge in [-0.3, -0.25) is 14.5 Å². The lowest BCUT2D eigenvalue weighted by Crippen LogP contribution is -2.29. The quantitative estimate of drug-likeness (QED) is 0.272. The van der Waals surface area contributed by atoms with E-state index in [0.29, 0.717) is 17.1 Å². The molecule has 0 aliphatic carbocycles. The molecule has 0 bridgehead atoms. The van der Waals surface area contributed by atoms with Gasteiger partial charge in [-0.2, -0.15) is 0 Å². The molecule has 1 fully saturated rings. The number of aliphatic hydroxyl groups excluding tert-OH is 1. The first-order valence-electron chi connectivity index (χ1n) is 10.0. The zero-order valence-corrected chi connectivity index (χ0v) is 19.5. The fourth-order valence-corrected chi connectivity index (χ4v) is 4.28. The number of methoxy groups -OCH3 is 2. The maximum Gasteiger partial charge on any atom is 0.300 e. The SMILES string of the molecule is COc1ccc(Cl)c(/C(O)=C2\C(=O)C(=O)N(c3ccc(OC)c(Cl)c3)C2c2ccc(F)cc2)c1. The highest BCUT2D eigenvalue weighted by Gasteiger charge is 2.47. The molecule has 0 aromatic heterocycles. The molecule has 9 heteroatoms. The number of ketones is 1. The fraction of sp³-hybridized carbons (Fsp3) is 0.120. The Morgan fingerprint density at radius 1 is 0.941 bits per heavy atom. The van der Waals surface area contributed by atoms with Crippen LogP contribution in [0.4, 0.5) is 10.1 Å². The third kappa shape index (κ3) is 4.08. The molecule has 1 saturated heterocycles. The van der Waals surface area contributed by atoms with E-state index in [-0.39, 0.29) is 26.9 Å². The number of carbonyl (C=O) groups is 2. The van der Waals surface area contributed by atoms with E-state index in [0.717, 1.165) is 0 Å². The van der Waals surface area contributed by atoms with E-state index in [2.05, 4.69) is 0 Å². The van der Waals surface area contributed by atoms with Crippen molar-refractivity contribution >= 4 is 46.3 Å². The molecule has 0 spiro atoms. The number of amides is 1. The molecule has 0 radical (unpaired) electrons. The van der Waals surface area contributed by atoms with Gasteiger partial charge in [-0.1, -0.05) is 35.3 Å². The summed E-state index contributed by atoms with van der Waals surface area (Å²) in [6.45, 7) is 0. The molecule has 1 aliphatic rings. The zero-order chi connectivity index (χ0) is 24.6. The molecule has 34 heavy (non-hydrogen) atoms. The van der Waals surface area contributed by atoms with Crippen LogP contribution in [-0.4, -0.2) is 31.0 Å². The minimum atomic E-state index is -1.08. The van der Waals surface area contributed by atoms with Crippen molar-refractivity contribution in [1.82, 2.24) is 0 Å². The van der Waals surface area contributed by atoms with Crippen molar-refractivity contribution in [1.29, 1.82) is 0 Å². The Morgan fingerprint density at radius 2 is 1.65 bits per heavy atom. The van der Waals surface area contributed by atoms with Gasteiger partial charge in [0, 0.05) is 11.3 Å². The number of hydrogen-bond donors (Lipinski definition) is 1. The largest absolute Gasteiger partial charge is 0.507 e. The molecule has 1 heterocycles. The summed E-state index contributed by atoms with van der Waals surface area (Å²) >= 11 is 12.6. The number of nitrogens with zero attached hydrogens (tertiary/aromatic N) is 1. The van der Waals surface area contributed by atoms with Crippen molar-refractivity contribution in [2.45, 2.75) is 6.04 Å².